The smallest absolute Gasteiger partial charge is 0.652 e. The van der Waals surface area contributed by atoms with Crippen molar-refractivity contribution in [2.45, 2.75) is 0 Å². The van der Waals surface area contributed by atoms with Crippen molar-refractivity contribution < 1.29 is 127 Å². The van der Waals surface area contributed by atoms with Crippen LogP contribution in [0, 0.1) is 0 Å². The summed E-state index contributed by atoms with van der Waals surface area (Å²) in [5.41, 5.74) is 1.42. The first-order valence-corrected chi connectivity index (χ1v) is 5.98. The molecule has 0 aliphatic carbocycles. The van der Waals surface area contributed by atoms with Crippen LogP contribution in [0.5, 0.6) is 5.75 Å². The standard InChI is InChI=1S/C11H9BrN2O2.CH2O3.2K/c1-16-10-4-8(6-15)2-3-9(10)14-5-11(12)13-7-14;2-1(3)4;;/h2-7H,1H3;(H2,2,3,4);;/q;;2*+1/p-2. The molecular weight excluding hydrogens is 410 g/mol. The minimum absolute atomic E-state index is 0. The summed E-state index contributed by atoms with van der Waals surface area (Å²) in [4.78, 5) is 23.0. The average Bonchev–Trinajstić information content (AvgIpc) is 2.83. The molecule has 0 N–H and O–H groups in total. The average molecular weight is 419 g/mol. The number of aldehydes is 1. The number of carbonyl (C=O) groups is 2. The number of hydrogen-bond acceptors (Lipinski definition) is 6. The molecule has 22 heavy (non-hydrogen) atoms. The predicted octanol–water partition coefficient (Wildman–Crippen LogP) is -5.98. The first kappa shape index (κ1) is 25.2. The van der Waals surface area contributed by atoms with Crippen LogP contribution in [-0.4, -0.2) is 29.1 Å². The molecule has 0 radical (unpaired) electrons. The quantitative estimate of drug-likeness (QED) is 0.362. The monoisotopic (exact) mass is 418 g/mol. The van der Waals surface area contributed by atoms with Gasteiger partial charge in [0.1, 0.15) is 23.0 Å². The Labute approximate surface area is 220 Å². The number of benzene rings is 1. The molecular formula is C12H9BrK2N2O5. The van der Waals surface area contributed by atoms with Gasteiger partial charge in [-0.2, -0.15) is 0 Å². The number of aromatic nitrogens is 2. The van der Waals surface area contributed by atoms with Gasteiger partial charge in [-0.15, -0.1) is 0 Å². The van der Waals surface area contributed by atoms with Crippen molar-refractivity contribution >= 4 is 28.4 Å². The third kappa shape index (κ3) is 8.68. The number of imidazole rings is 1. The van der Waals surface area contributed by atoms with Gasteiger partial charge in [0.05, 0.1) is 12.8 Å². The van der Waals surface area contributed by atoms with Crippen molar-refractivity contribution in [3.05, 3.63) is 40.9 Å². The van der Waals surface area contributed by atoms with Crippen molar-refractivity contribution in [1.82, 2.24) is 9.55 Å². The van der Waals surface area contributed by atoms with E-state index in [-0.39, 0.29) is 103 Å². The number of carboxylic acid groups (broad SMARTS) is 2. The fraction of sp³-hybridized carbons (Fsp3) is 0.0833. The van der Waals surface area contributed by atoms with Crippen molar-refractivity contribution in [3.8, 4) is 11.4 Å². The van der Waals surface area contributed by atoms with Crippen molar-refractivity contribution in [3.63, 3.8) is 0 Å². The van der Waals surface area contributed by atoms with Gasteiger partial charge in [0.25, 0.3) is 0 Å². The van der Waals surface area contributed by atoms with Crippen LogP contribution < -0.4 is 118 Å². The van der Waals surface area contributed by atoms with Gasteiger partial charge in [0.15, 0.2) is 0 Å². The molecule has 10 heteroatoms. The van der Waals surface area contributed by atoms with Crippen LogP contribution in [0.15, 0.2) is 35.3 Å². The molecule has 1 heterocycles. The van der Waals surface area contributed by atoms with E-state index in [1.165, 1.54) is 0 Å². The van der Waals surface area contributed by atoms with Crippen LogP contribution in [0.3, 0.4) is 0 Å². The molecule has 0 spiro atoms. The second-order valence-electron chi connectivity index (χ2n) is 3.40. The number of halogens is 1. The molecule has 2 aromatic rings. The molecule has 1 aromatic carbocycles. The summed E-state index contributed by atoms with van der Waals surface area (Å²) in [7, 11) is 1.57. The number of rotatable bonds is 3. The molecule has 0 saturated carbocycles. The number of ether oxygens (including phenoxy) is 1. The van der Waals surface area contributed by atoms with Gasteiger partial charge in [0.2, 0.25) is 0 Å². The Bertz CT molecular complexity index is 617. The van der Waals surface area contributed by atoms with E-state index < -0.39 is 6.16 Å². The Morgan fingerprint density at radius 3 is 2.36 bits per heavy atom. The van der Waals surface area contributed by atoms with E-state index in [9.17, 15) is 4.79 Å². The number of nitrogens with zero attached hydrogens (tertiary/aromatic N) is 2. The zero-order chi connectivity index (χ0) is 15.1. The van der Waals surface area contributed by atoms with Gasteiger partial charge >= 0.3 is 103 Å². The summed E-state index contributed by atoms with van der Waals surface area (Å²) >= 11 is 3.28. The van der Waals surface area contributed by atoms with E-state index in [0.717, 1.165) is 16.6 Å². The molecule has 0 aliphatic rings. The first-order chi connectivity index (χ1) is 9.47. The largest absolute Gasteiger partial charge is 1.00 e. The van der Waals surface area contributed by atoms with Crippen LogP contribution in [0.2, 0.25) is 0 Å². The second kappa shape index (κ2) is 13.2. The fourth-order valence-electron chi connectivity index (χ4n) is 1.41. The van der Waals surface area contributed by atoms with E-state index in [2.05, 4.69) is 20.9 Å². The van der Waals surface area contributed by atoms with Gasteiger partial charge in [-0.3, -0.25) is 4.79 Å². The number of hydrogen-bond donors (Lipinski definition) is 0. The van der Waals surface area contributed by atoms with E-state index in [4.69, 9.17) is 19.7 Å². The minimum Gasteiger partial charge on any atom is -0.652 e. The van der Waals surface area contributed by atoms with Crippen LogP contribution >= 0.6 is 15.9 Å². The van der Waals surface area contributed by atoms with Crippen molar-refractivity contribution in [1.29, 1.82) is 0 Å². The Kier molecular flexibility index (Phi) is 15.1. The molecule has 2 rings (SSSR count). The van der Waals surface area contributed by atoms with Gasteiger partial charge in [-0.25, -0.2) is 4.98 Å². The van der Waals surface area contributed by atoms with Crippen LogP contribution in [0.4, 0.5) is 4.79 Å². The van der Waals surface area contributed by atoms with Gasteiger partial charge in [-0.05, 0) is 40.3 Å². The van der Waals surface area contributed by atoms with Crippen molar-refractivity contribution in [2.24, 2.45) is 0 Å². The van der Waals surface area contributed by atoms with E-state index in [1.54, 1.807) is 25.6 Å². The Balaban J connectivity index is 0. The van der Waals surface area contributed by atoms with E-state index in [0.29, 0.717) is 11.3 Å². The molecule has 0 bridgehead atoms. The van der Waals surface area contributed by atoms with E-state index >= 15 is 0 Å². The first-order valence-electron chi connectivity index (χ1n) is 5.19. The molecule has 0 atom stereocenters. The van der Waals surface area contributed by atoms with E-state index in [1.807, 2.05) is 16.8 Å². The Morgan fingerprint density at radius 2 is 1.95 bits per heavy atom. The maximum absolute atomic E-state index is 10.6. The molecule has 0 amide bonds. The van der Waals surface area contributed by atoms with Crippen molar-refractivity contribution in [2.75, 3.05) is 7.11 Å². The minimum atomic E-state index is -2.33. The SMILES string of the molecule is COc1cc(C=O)ccc1-n1cnc(Br)c1.O=C([O-])[O-].[K+].[K+]. The predicted molar refractivity (Wildman–Crippen MR) is 68.6 cm³/mol. The van der Waals surface area contributed by atoms with Gasteiger partial charge < -0.3 is 24.3 Å². The molecule has 7 nitrogen and oxygen atoms in total. The Hall–Kier alpha value is 0.923. The number of methoxy groups -OCH3 is 1. The molecule has 0 unspecified atom stereocenters. The molecule has 0 aliphatic heterocycles. The van der Waals surface area contributed by atoms with Gasteiger partial charge in [0, 0.05) is 11.8 Å². The summed E-state index contributed by atoms with van der Waals surface area (Å²) < 4.78 is 7.79. The fourth-order valence-corrected chi connectivity index (χ4v) is 1.72. The zero-order valence-electron chi connectivity index (χ0n) is 12.3. The Morgan fingerprint density at radius 1 is 1.36 bits per heavy atom. The number of carbonyl (C=O) groups excluding carboxylic acids is 2. The summed E-state index contributed by atoms with van der Waals surface area (Å²) in [5.74, 6) is 0.634. The summed E-state index contributed by atoms with van der Waals surface area (Å²) in [6.45, 7) is 0. The normalized spacial score (nSPS) is 8.45. The van der Waals surface area contributed by atoms with Crippen LogP contribution in [0.25, 0.3) is 5.69 Å². The van der Waals surface area contributed by atoms with Crippen LogP contribution in [0.1, 0.15) is 10.4 Å². The maximum atomic E-state index is 10.6. The molecule has 1 aromatic heterocycles. The summed E-state index contributed by atoms with van der Waals surface area (Å²) in [6, 6.07) is 5.24. The topological polar surface area (TPSA) is 107 Å². The maximum Gasteiger partial charge on any atom is 1.00 e. The van der Waals surface area contributed by atoms with Gasteiger partial charge in [-0.1, -0.05) is 0 Å². The second-order valence-corrected chi connectivity index (χ2v) is 4.22. The molecule has 106 valence electrons. The summed E-state index contributed by atoms with van der Waals surface area (Å²) in [6.07, 6.45) is 1.94. The molecule has 0 fully saturated rings. The molecule has 0 saturated heterocycles. The summed E-state index contributed by atoms with van der Waals surface area (Å²) in [5, 5.41) is 16.7. The third-order valence-corrected chi connectivity index (χ3v) is 2.58. The third-order valence-electron chi connectivity index (χ3n) is 2.17. The zero-order valence-corrected chi connectivity index (χ0v) is 20.1. The van der Waals surface area contributed by atoms with Crippen LogP contribution in [-0.2, 0) is 0 Å².